The van der Waals surface area contributed by atoms with Crippen LogP contribution >= 0.6 is 0 Å². The summed E-state index contributed by atoms with van der Waals surface area (Å²) in [7, 11) is 0. The van der Waals surface area contributed by atoms with Gasteiger partial charge in [0.2, 0.25) is 11.8 Å². The van der Waals surface area contributed by atoms with Gasteiger partial charge in [0, 0.05) is 36.7 Å². The lowest BCUT2D eigenvalue weighted by molar-refractivity contribution is -0.161. The maximum Gasteiger partial charge on any atom is 0.246 e. The van der Waals surface area contributed by atoms with Crippen molar-refractivity contribution in [3.8, 4) is 0 Å². The molecule has 0 bridgehead atoms. The molecular weight excluding hydrogens is 496 g/mol. The second-order valence-corrected chi connectivity index (χ2v) is 12.3. The minimum atomic E-state index is -0.733. The van der Waals surface area contributed by atoms with E-state index in [0.29, 0.717) is 31.7 Å². The molecule has 3 heterocycles. The van der Waals surface area contributed by atoms with Crippen LogP contribution in [0.2, 0.25) is 0 Å². The molecule has 3 aromatic rings. The van der Waals surface area contributed by atoms with Crippen molar-refractivity contribution < 1.29 is 9.59 Å². The molecule has 2 fully saturated rings. The maximum absolute atomic E-state index is 13.8. The van der Waals surface area contributed by atoms with Crippen LogP contribution in [0.1, 0.15) is 69.9 Å². The van der Waals surface area contributed by atoms with E-state index in [0.717, 1.165) is 38.0 Å². The first-order valence-electron chi connectivity index (χ1n) is 15.4. The predicted octanol–water partition coefficient (Wildman–Crippen LogP) is 5.72. The van der Waals surface area contributed by atoms with Gasteiger partial charge in [0.25, 0.3) is 0 Å². The first-order chi connectivity index (χ1) is 19.5. The summed E-state index contributed by atoms with van der Waals surface area (Å²) >= 11 is 0. The third kappa shape index (κ3) is 6.43. The number of benzene rings is 2. The Hall–Kier alpha value is -3.12. The van der Waals surface area contributed by atoms with Gasteiger partial charge in [0.05, 0.1) is 0 Å². The Morgan fingerprint density at radius 1 is 0.875 bits per heavy atom. The van der Waals surface area contributed by atoms with Crippen LogP contribution in [-0.4, -0.2) is 64.4 Å². The molecule has 40 heavy (non-hydrogen) atoms. The molecule has 0 radical (unpaired) electrons. The quantitative estimate of drug-likeness (QED) is 0.288. The number of fused-ring (bicyclic) bond motifs is 1. The third-order valence-electron chi connectivity index (χ3n) is 9.01. The number of hydrogen-bond acceptors (Lipinski definition) is 3. The second-order valence-electron chi connectivity index (χ2n) is 12.3. The number of nitrogens with one attached hydrogen (secondary N) is 2. The molecule has 1 unspecified atom stereocenters. The van der Waals surface area contributed by atoms with Crippen LogP contribution in [0, 0.1) is 5.92 Å². The van der Waals surface area contributed by atoms with Crippen LogP contribution in [0.15, 0.2) is 60.8 Å². The molecule has 6 nitrogen and oxygen atoms in total. The SMILES string of the molecule is CC(C)CC1NC(=O)C2(CCN(CCCCCCc3ccccc3)CC2)N(CCc2c[nH]c3ccccc23)C1=O. The highest BCUT2D eigenvalue weighted by atomic mass is 16.2. The van der Waals surface area contributed by atoms with E-state index >= 15 is 0 Å². The number of piperazine rings is 1. The Bertz CT molecular complexity index is 1260. The number of carbonyl (C=O) groups is 2. The number of aromatic amines is 1. The summed E-state index contributed by atoms with van der Waals surface area (Å²) in [6, 6.07) is 18.6. The zero-order valence-electron chi connectivity index (χ0n) is 24.3. The Balaban J connectivity index is 1.18. The first-order valence-corrected chi connectivity index (χ1v) is 15.4. The molecule has 2 aliphatic heterocycles. The standard InChI is InChI=1S/C34H46N4O2/c1-26(2)24-31-32(39)38(21-17-28-25-35-30-16-10-9-15-29(28)30)34(33(40)36-31)18-22-37(23-19-34)20-11-4-3-6-12-27-13-7-5-8-14-27/h5,7-10,13-16,25-26,31,35H,3-4,6,11-12,17-24H2,1-2H3,(H,36,40). The molecule has 0 saturated carbocycles. The fraction of sp³-hybridized carbons (Fsp3) is 0.529. The Morgan fingerprint density at radius 2 is 1.60 bits per heavy atom. The predicted molar refractivity (Wildman–Crippen MR) is 162 cm³/mol. The number of para-hydroxylation sites is 1. The first kappa shape index (κ1) is 28.4. The van der Waals surface area contributed by atoms with Gasteiger partial charge < -0.3 is 20.1 Å². The van der Waals surface area contributed by atoms with Crippen LogP contribution in [0.5, 0.6) is 0 Å². The topological polar surface area (TPSA) is 68.4 Å². The fourth-order valence-electron chi connectivity index (χ4n) is 6.71. The van der Waals surface area contributed by atoms with Gasteiger partial charge >= 0.3 is 0 Å². The number of H-pyrrole nitrogens is 1. The van der Waals surface area contributed by atoms with Gasteiger partial charge in [-0.05, 0) is 74.6 Å². The highest BCUT2D eigenvalue weighted by Crippen LogP contribution is 2.34. The lowest BCUT2D eigenvalue weighted by atomic mass is 9.80. The number of aryl methyl sites for hydroxylation is 1. The summed E-state index contributed by atoms with van der Waals surface area (Å²) in [5.41, 5.74) is 3.01. The number of unbranched alkanes of at least 4 members (excludes halogenated alkanes) is 3. The molecule has 5 rings (SSSR count). The van der Waals surface area contributed by atoms with E-state index in [1.165, 1.54) is 42.2 Å². The summed E-state index contributed by atoms with van der Waals surface area (Å²) in [5.74, 6) is 0.491. The molecule has 0 aliphatic carbocycles. The minimum absolute atomic E-state index is 0.0530. The number of likely N-dealkylation sites (tertiary alicyclic amines) is 1. The normalized spacial score (nSPS) is 19.6. The molecule has 6 heteroatoms. The van der Waals surface area contributed by atoms with Crippen molar-refractivity contribution in [3.05, 3.63) is 71.9 Å². The highest BCUT2D eigenvalue weighted by Gasteiger charge is 2.53. The largest absolute Gasteiger partial charge is 0.361 e. The molecule has 214 valence electrons. The summed E-state index contributed by atoms with van der Waals surface area (Å²) < 4.78 is 0. The molecule has 2 aliphatic rings. The van der Waals surface area contributed by atoms with E-state index < -0.39 is 11.6 Å². The van der Waals surface area contributed by atoms with Gasteiger partial charge in [-0.25, -0.2) is 0 Å². The smallest absolute Gasteiger partial charge is 0.246 e. The second kappa shape index (κ2) is 13.0. The Kier molecular flexibility index (Phi) is 9.25. The van der Waals surface area contributed by atoms with Crippen molar-refractivity contribution in [1.29, 1.82) is 0 Å². The van der Waals surface area contributed by atoms with Crippen molar-refractivity contribution >= 4 is 22.7 Å². The van der Waals surface area contributed by atoms with Gasteiger partial charge in [0.1, 0.15) is 11.6 Å². The Labute approximate surface area is 239 Å². The average molecular weight is 543 g/mol. The molecule has 1 aromatic heterocycles. The minimum Gasteiger partial charge on any atom is -0.361 e. The van der Waals surface area contributed by atoms with Crippen molar-refractivity contribution in [3.63, 3.8) is 0 Å². The molecule has 2 saturated heterocycles. The van der Waals surface area contributed by atoms with Crippen LogP contribution in [0.25, 0.3) is 10.9 Å². The van der Waals surface area contributed by atoms with Crippen LogP contribution in [0.4, 0.5) is 0 Å². The summed E-state index contributed by atoms with van der Waals surface area (Å²) in [6.45, 7) is 7.60. The van der Waals surface area contributed by atoms with Gasteiger partial charge in [-0.15, -0.1) is 0 Å². The van der Waals surface area contributed by atoms with Gasteiger partial charge in [-0.2, -0.15) is 0 Å². The number of aromatic nitrogens is 1. The number of carbonyl (C=O) groups excluding carboxylic acids is 2. The zero-order valence-corrected chi connectivity index (χ0v) is 24.3. The summed E-state index contributed by atoms with van der Waals surface area (Å²) in [4.78, 5) is 35.4. The van der Waals surface area contributed by atoms with E-state index in [-0.39, 0.29) is 11.8 Å². The highest BCUT2D eigenvalue weighted by molar-refractivity contribution is 6.00. The number of nitrogens with zero attached hydrogens (tertiary/aromatic N) is 2. The van der Waals surface area contributed by atoms with Crippen molar-refractivity contribution in [2.75, 3.05) is 26.2 Å². The van der Waals surface area contributed by atoms with E-state index in [9.17, 15) is 9.59 Å². The molecular formula is C34H46N4O2. The van der Waals surface area contributed by atoms with E-state index in [1.54, 1.807) is 0 Å². The maximum atomic E-state index is 13.8. The lowest BCUT2D eigenvalue weighted by Gasteiger charge is -2.52. The van der Waals surface area contributed by atoms with Crippen LogP contribution < -0.4 is 5.32 Å². The summed E-state index contributed by atoms with van der Waals surface area (Å²) in [5, 5.41) is 4.35. The molecule has 2 aromatic carbocycles. The zero-order chi connectivity index (χ0) is 28.0. The third-order valence-corrected chi connectivity index (χ3v) is 9.01. The number of piperidine rings is 1. The summed E-state index contributed by atoms with van der Waals surface area (Å²) in [6.07, 6.45) is 11.0. The van der Waals surface area contributed by atoms with Crippen LogP contribution in [-0.2, 0) is 22.4 Å². The van der Waals surface area contributed by atoms with E-state index in [4.69, 9.17) is 0 Å². The fourth-order valence-corrected chi connectivity index (χ4v) is 6.71. The molecule has 1 spiro atoms. The van der Waals surface area contributed by atoms with E-state index in [1.807, 2.05) is 11.0 Å². The molecule has 2 amide bonds. The monoisotopic (exact) mass is 542 g/mol. The average Bonchev–Trinajstić information content (AvgIpc) is 3.38. The van der Waals surface area contributed by atoms with Crippen molar-refractivity contribution in [2.45, 2.75) is 83.2 Å². The van der Waals surface area contributed by atoms with Crippen molar-refractivity contribution in [1.82, 2.24) is 20.1 Å². The van der Waals surface area contributed by atoms with Gasteiger partial charge in [-0.3, -0.25) is 9.59 Å². The number of hydrogen-bond donors (Lipinski definition) is 2. The Morgan fingerprint density at radius 3 is 2.38 bits per heavy atom. The lowest BCUT2D eigenvalue weighted by Crippen LogP contribution is -2.73. The van der Waals surface area contributed by atoms with Crippen molar-refractivity contribution in [2.24, 2.45) is 5.92 Å². The van der Waals surface area contributed by atoms with Gasteiger partial charge in [0.15, 0.2) is 0 Å². The molecule has 1 atom stereocenters. The number of amides is 2. The van der Waals surface area contributed by atoms with Crippen LogP contribution in [0.3, 0.4) is 0 Å². The van der Waals surface area contributed by atoms with E-state index in [2.05, 4.69) is 83.8 Å². The number of rotatable bonds is 12. The van der Waals surface area contributed by atoms with Gasteiger partial charge in [-0.1, -0.05) is 75.2 Å². The molecule has 2 N–H and O–H groups in total.